The molecule has 0 spiro atoms. The maximum atomic E-state index is 13.4. The number of ether oxygens (including phenoxy) is 2. The van der Waals surface area contributed by atoms with Crippen LogP contribution in [0.3, 0.4) is 0 Å². The summed E-state index contributed by atoms with van der Waals surface area (Å²) in [5.41, 5.74) is 17.8. The number of carboxylic acid groups (broad SMARTS) is 2. The van der Waals surface area contributed by atoms with Gasteiger partial charge in [-0.1, -0.05) is 37.8 Å². The van der Waals surface area contributed by atoms with Gasteiger partial charge in [0.15, 0.2) is 35.4 Å². The van der Waals surface area contributed by atoms with Gasteiger partial charge in [0.1, 0.15) is 111 Å². The van der Waals surface area contributed by atoms with E-state index in [1.54, 1.807) is 6.07 Å². The average Bonchev–Trinajstić information content (AvgIpc) is 1.01. The fraction of sp³-hybridized carbons (Fsp3) is 0.366. The number of phosphoric acid groups is 6. The normalized spacial score (nSPS) is 19.8. The second kappa shape index (κ2) is 43.4. The van der Waals surface area contributed by atoms with Crippen molar-refractivity contribution in [3.05, 3.63) is 167 Å². The molecule has 4 aromatic carbocycles. The van der Waals surface area contributed by atoms with Crippen molar-refractivity contribution in [1.29, 1.82) is 0 Å². The molecule has 138 heavy (non-hydrogen) atoms. The maximum absolute atomic E-state index is 13.4. The monoisotopic (exact) mass is 2040 g/mol. The number of nitrogens with two attached hydrogens (primary N) is 2. The van der Waals surface area contributed by atoms with Crippen LogP contribution in [0.5, 0.6) is 0 Å². The topological polar surface area (TPSA) is 714 Å². The minimum atomic E-state index is -5.82. The summed E-state index contributed by atoms with van der Waals surface area (Å²) in [5, 5.41) is 75.8. The third kappa shape index (κ3) is 25.1. The molecule has 14 rings (SSSR count). The van der Waals surface area contributed by atoms with Crippen LogP contribution in [-0.2, 0) is 72.2 Å². The Morgan fingerprint density at radius 3 is 1.23 bits per heavy atom. The number of carbonyl (C=O) groups is 4. The fourth-order valence-corrected chi connectivity index (χ4v) is 22.1. The van der Waals surface area contributed by atoms with Crippen molar-refractivity contribution in [2.45, 2.75) is 100 Å². The van der Waals surface area contributed by atoms with E-state index in [-0.39, 0.29) is 87.7 Å². The summed E-state index contributed by atoms with van der Waals surface area (Å²) in [4.78, 5) is 139. The summed E-state index contributed by atoms with van der Waals surface area (Å²) in [6.45, 7) is -2.53. The SMILES string of the molecule is CN(C)c1ccc2c(-c3cc(C(=O)NCCCCCCOP(=O)(O)OP(=O)(O)OP(=O)(O)OC[C@H]4O[C@@H](n5cnc6c(N)ncnc65)[C@H](O)[C@@H]4O)ccc3C(=O)[O-])c3ccc(=[N+](C)C)cc-3oc2c1.CN(C)c1ccc2c(-c3ccc(C(=O)NCCCCCCOP(=O)(O)OP(=O)(O)OP(=O)(O)OC[C@H]4O[C@@H](n5cnc6c(N)ncnc65)[C@H](O)[C@@H]4O)cc3C(=O)[O-])c3ccc(=[N+](C)C)cc-3oc2c1. The summed E-state index contributed by atoms with van der Waals surface area (Å²) < 4.78 is 140. The zero-order valence-electron chi connectivity index (χ0n) is 74.7. The number of aliphatic hydroxyl groups is 4. The Hall–Kier alpha value is -11.0. The smallest absolute Gasteiger partial charge is 0.490 e. The molecule has 6 unspecified atom stereocenters. The Labute approximate surface area is 783 Å². The first kappa shape index (κ1) is 104. The molecule has 2 amide bonds. The molecule has 50 nitrogen and oxygen atoms in total. The molecule has 8 aromatic rings. The minimum Gasteiger partial charge on any atom is -0.545 e. The van der Waals surface area contributed by atoms with Gasteiger partial charge in [-0.2, -0.15) is 17.2 Å². The molecule has 16 N–H and O–H groups in total. The summed E-state index contributed by atoms with van der Waals surface area (Å²) in [6.07, 6.45) is -4.89. The van der Waals surface area contributed by atoms with E-state index < -0.39 is 146 Å². The number of carboxylic acids is 2. The van der Waals surface area contributed by atoms with Crippen molar-refractivity contribution in [2.75, 3.05) is 117 Å². The molecule has 14 atom stereocenters. The highest BCUT2D eigenvalue weighted by Crippen LogP contribution is 2.69. The number of unbranched alkanes of at least 4 members (excludes halogenated alkanes) is 6. The number of aromatic nitrogens is 8. The van der Waals surface area contributed by atoms with E-state index in [1.165, 1.54) is 52.1 Å². The van der Waals surface area contributed by atoms with Gasteiger partial charge in [-0.25, -0.2) is 66.4 Å². The van der Waals surface area contributed by atoms with Crippen LogP contribution in [0.1, 0.15) is 105 Å². The van der Waals surface area contributed by atoms with Crippen molar-refractivity contribution in [3.63, 3.8) is 0 Å². The number of amides is 2. The van der Waals surface area contributed by atoms with Gasteiger partial charge in [-0.05, 0) is 97.5 Å². The second-order valence-electron chi connectivity index (χ2n) is 32.3. The number of anilines is 4. The number of aromatic carboxylic acids is 2. The van der Waals surface area contributed by atoms with Gasteiger partial charge >= 0.3 is 46.9 Å². The number of hydrogen-bond acceptors (Lipinski definition) is 38. The van der Waals surface area contributed by atoms with Gasteiger partial charge < -0.3 is 120 Å². The van der Waals surface area contributed by atoms with Crippen LogP contribution in [0.25, 0.3) is 89.2 Å². The van der Waals surface area contributed by atoms with Crippen LogP contribution >= 0.6 is 46.9 Å². The molecule has 8 heterocycles. The molecule has 56 heteroatoms. The predicted molar refractivity (Wildman–Crippen MR) is 488 cm³/mol. The van der Waals surface area contributed by atoms with Crippen molar-refractivity contribution < 1.29 is 160 Å². The number of carbonyl (C=O) groups excluding carboxylic acids is 4. The van der Waals surface area contributed by atoms with E-state index >= 15 is 0 Å². The Morgan fingerprint density at radius 2 is 0.826 bits per heavy atom. The van der Waals surface area contributed by atoms with Crippen LogP contribution in [0.15, 0.2) is 143 Å². The van der Waals surface area contributed by atoms with Gasteiger partial charge in [0.25, 0.3) is 11.8 Å². The van der Waals surface area contributed by atoms with Gasteiger partial charge in [-0.3, -0.25) is 36.8 Å². The zero-order valence-corrected chi connectivity index (χ0v) is 80.1. The lowest BCUT2D eigenvalue weighted by Gasteiger charge is -2.20. The molecular formula is C82H98N16O34P6. The van der Waals surface area contributed by atoms with Crippen molar-refractivity contribution in [1.82, 2.24) is 58.8 Å². The van der Waals surface area contributed by atoms with Gasteiger partial charge in [0, 0.05) is 132 Å². The standard InChI is InChI=1S/2C41H49N8O17P3/c1-47(2)24-10-13-27-30(18-24)63-31-19-25(48(3)4)11-14-28(31)33(27)29-17-23(9-12-26(29)41(53)54)39(52)43-15-7-5-6-8-16-61-67(55,56)65-69(59,60)66-68(57,58)62-20-32-35(50)36(51)40(64-32)49-22-46-34-37(42)44-21-45-38(34)49;1-47(2)24-10-13-27-30(18-24)63-31-19-25(48(3)4)11-14-28(31)33(27)26-12-9-23(17-29(26)41(53)54)39(52)43-15-7-5-6-8-16-61-67(55,56)65-69(59,60)66-68(57,58)62-20-32-35(50)36(51)40(64-32)49-22-46-34-37(42)44-21-45-38(34)49/h2*9-14,17-19,21-22,32,35-36,40,50-51H,5-8,15-16,20H2,1-4H3,(H6-,42,43,44,45,52,53,54,55,56,57,58,59,60)/t2*32-,35-,36-,40-/m11/s1. The van der Waals surface area contributed by atoms with Crippen molar-refractivity contribution in [2.24, 2.45) is 0 Å². The summed E-state index contributed by atoms with van der Waals surface area (Å²) >= 11 is 0. The number of aliphatic hydroxyl groups excluding tert-OH is 4. The number of nitrogens with zero attached hydrogens (tertiary/aromatic N) is 12. The first-order valence-corrected chi connectivity index (χ1v) is 51.0. The van der Waals surface area contributed by atoms with E-state index in [2.05, 4.69) is 66.8 Å². The Kier molecular flexibility index (Phi) is 32.8. The summed E-state index contributed by atoms with van der Waals surface area (Å²) in [5.74, 6) is -2.86. The van der Waals surface area contributed by atoms with Crippen LogP contribution in [0.4, 0.5) is 23.0 Å². The Morgan fingerprint density at radius 1 is 0.442 bits per heavy atom. The molecule has 740 valence electrons. The van der Waals surface area contributed by atoms with Gasteiger partial charge in [-0.15, -0.1) is 0 Å². The van der Waals surface area contributed by atoms with E-state index in [9.17, 15) is 107 Å². The van der Waals surface area contributed by atoms with Crippen molar-refractivity contribution >= 4 is 138 Å². The van der Waals surface area contributed by atoms with Crippen LogP contribution in [0.2, 0.25) is 0 Å². The highest BCUT2D eigenvalue weighted by Gasteiger charge is 2.50. The average molecular weight is 2040 g/mol. The first-order chi connectivity index (χ1) is 65.1. The quantitative estimate of drug-likeness (QED) is 0.0107. The second-order valence-corrected chi connectivity index (χ2v) is 41.6. The molecule has 4 aliphatic heterocycles. The number of nitrogens with one attached hydrogen (secondary N) is 2. The third-order valence-corrected chi connectivity index (χ3v) is 30.4. The Balaban J connectivity index is 0.000000233. The molecule has 0 bridgehead atoms. The van der Waals surface area contributed by atoms with E-state index in [0.29, 0.717) is 99.8 Å². The molecule has 0 radical (unpaired) electrons. The van der Waals surface area contributed by atoms with Gasteiger partial charge in [0.05, 0.1) is 63.2 Å². The molecule has 6 aliphatic rings. The Bertz CT molecular complexity index is 6990. The largest absolute Gasteiger partial charge is 0.545 e. The first-order valence-electron chi connectivity index (χ1n) is 42.0. The number of benzene rings is 6. The summed E-state index contributed by atoms with van der Waals surface area (Å²) in [6, 6.07) is 30.9. The molecule has 4 aromatic heterocycles. The number of rotatable bonds is 40. The number of hydrogen-bond donors (Lipinski definition) is 14. The number of imidazole rings is 2. The van der Waals surface area contributed by atoms with Crippen LogP contribution in [0, 0.1) is 0 Å². The molecular weight excluding hydrogens is 1940 g/mol. The fourth-order valence-electron chi connectivity index (χ4n) is 15.0. The lowest BCUT2D eigenvalue weighted by molar-refractivity contribution is -0.256. The van der Waals surface area contributed by atoms with E-state index in [1.807, 2.05) is 148 Å². The van der Waals surface area contributed by atoms with E-state index in [0.717, 1.165) is 34.7 Å². The highest BCUT2D eigenvalue weighted by molar-refractivity contribution is 7.67. The van der Waals surface area contributed by atoms with Crippen molar-refractivity contribution in [3.8, 4) is 44.9 Å². The zero-order chi connectivity index (χ0) is 100. The minimum absolute atomic E-state index is 0.0247. The number of phosphoric ester groups is 4. The van der Waals surface area contributed by atoms with Crippen LogP contribution in [-0.4, -0.2) is 245 Å². The predicted octanol–water partition coefficient (Wildman–Crippen LogP) is 4.73. The van der Waals surface area contributed by atoms with E-state index in [4.69, 9.17) is 38.8 Å². The lowest BCUT2D eigenvalue weighted by Crippen LogP contribution is -2.33. The maximum Gasteiger partial charge on any atom is 0.490 e. The third-order valence-electron chi connectivity index (χ3n) is 21.8. The van der Waals surface area contributed by atoms with Gasteiger partial charge in [0.2, 0.25) is 10.7 Å². The summed E-state index contributed by atoms with van der Waals surface area (Å²) in [7, 11) is -18.4. The lowest BCUT2D eigenvalue weighted by atomic mass is 9.89. The number of nitrogen functional groups attached to an aromatic ring is 2. The molecule has 2 saturated heterocycles. The number of fused-ring (bicyclic) bond motifs is 6. The molecule has 2 aliphatic carbocycles. The molecule has 2 fully saturated rings. The van der Waals surface area contributed by atoms with Crippen LogP contribution < -0.4 is 62.0 Å². The molecule has 0 saturated carbocycles. The highest BCUT2D eigenvalue weighted by atomic mass is 31.3.